The monoisotopic (exact) mass is 197 g/mol. The van der Waals surface area contributed by atoms with E-state index in [1.54, 1.807) is 0 Å². The molecule has 0 saturated carbocycles. The molecule has 78 valence electrons. The summed E-state index contributed by atoms with van der Waals surface area (Å²) < 4.78 is 4.99. The van der Waals surface area contributed by atoms with Gasteiger partial charge in [-0.05, 0) is 19.8 Å². The Morgan fingerprint density at radius 3 is 3.07 bits per heavy atom. The molecule has 0 radical (unpaired) electrons. The number of carbonyl (C=O) groups is 2. The minimum absolute atomic E-state index is 0.0681. The molecule has 0 spiro atoms. The summed E-state index contributed by atoms with van der Waals surface area (Å²) in [4.78, 5) is 24.7. The third-order valence-electron chi connectivity index (χ3n) is 3.11. The van der Waals surface area contributed by atoms with Crippen LogP contribution in [0.1, 0.15) is 26.2 Å². The number of amides is 1. The fourth-order valence-corrected chi connectivity index (χ4v) is 2.46. The quantitative estimate of drug-likeness (QED) is 0.608. The van der Waals surface area contributed by atoms with E-state index in [1.807, 2.05) is 11.8 Å². The summed E-state index contributed by atoms with van der Waals surface area (Å²) in [5.74, 6) is -0.00195. The number of carbonyl (C=O) groups excluding carboxylic acids is 2. The fourth-order valence-electron chi connectivity index (χ4n) is 2.46. The maximum atomic E-state index is 11.5. The van der Waals surface area contributed by atoms with Gasteiger partial charge in [-0.3, -0.25) is 9.59 Å². The van der Waals surface area contributed by atoms with Crippen LogP contribution in [0.15, 0.2) is 0 Å². The Labute approximate surface area is 83.2 Å². The molecule has 0 bridgehead atoms. The van der Waals surface area contributed by atoms with E-state index in [9.17, 15) is 9.59 Å². The van der Waals surface area contributed by atoms with Crippen LogP contribution in [0.3, 0.4) is 0 Å². The first-order valence-electron chi connectivity index (χ1n) is 5.20. The number of ether oxygens (including phenoxy) is 1. The molecule has 2 aliphatic rings. The van der Waals surface area contributed by atoms with Crippen molar-refractivity contribution in [1.82, 2.24) is 4.90 Å². The van der Waals surface area contributed by atoms with E-state index in [4.69, 9.17) is 4.74 Å². The standard InChI is InChI=1S/C10H15NO3/c1-2-14-10(13)7-5-6-11-8(7)3-4-9(11)12/h7-8H,2-6H2,1H3/t7-,8+/m1/s1. The third kappa shape index (κ3) is 1.38. The van der Waals surface area contributed by atoms with Crippen LogP contribution in [0.5, 0.6) is 0 Å². The fraction of sp³-hybridized carbons (Fsp3) is 0.800. The first-order valence-corrected chi connectivity index (χ1v) is 5.20. The second-order valence-electron chi connectivity index (χ2n) is 3.84. The number of fused-ring (bicyclic) bond motifs is 1. The highest BCUT2D eigenvalue weighted by Crippen LogP contribution is 2.34. The minimum Gasteiger partial charge on any atom is -0.466 e. The molecule has 14 heavy (non-hydrogen) atoms. The predicted molar refractivity (Wildman–Crippen MR) is 49.5 cm³/mol. The van der Waals surface area contributed by atoms with Gasteiger partial charge in [-0.25, -0.2) is 0 Å². The highest BCUT2D eigenvalue weighted by atomic mass is 16.5. The normalized spacial score (nSPS) is 30.6. The predicted octanol–water partition coefficient (Wildman–Crippen LogP) is 0.560. The van der Waals surface area contributed by atoms with Crippen molar-refractivity contribution in [1.29, 1.82) is 0 Å². The second-order valence-corrected chi connectivity index (χ2v) is 3.84. The van der Waals surface area contributed by atoms with Gasteiger partial charge in [0.05, 0.1) is 12.5 Å². The van der Waals surface area contributed by atoms with Crippen LogP contribution in [0.25, 0.3) is 0 Å². The summed E-state index contributed by atoms with van der Waals surface area (Å²) in [6.07, 6.45) is 2.19. The third-order valence-corrected chi connectivity index (χ3v) is 3.11. The first kappa shape index (κ1) is 9.49. The SMILES string of the molecule is CCOC(=O)[C@@H]1CCN2C(=O)CC[C@@H]12. The van der Waals surface area contributed by atoms with Gasteiger partial charge in [0.15, 0.2) is 0 Å². The summed E-state index contributed by atoms with van der Waals surface area (Å²) in [5, 5.41) is 0. The first-order chi connectivity index (χ1) is 6.74. The Bertz CT molecular complexity index is 264. The average Bonchev–Trinajstić information content (AvgIpc) is 2.69. The van der Waals surface area contributed by atoms with Gasteiger partial charge in [0.2, 0.25) is 5.91 Å². The van der Waals surface area contributed by atoms with Crippen LogP contribution in [-0.2, 0) is 14.3 Å². The largest absolute Gasteiger partial charge is 0.466 e. The molecule has 4 heteroatoms. The van der Waals surface area contributed by atoms with Crippen molar-refractivity contribution in [3.63, 3.8) is 0 Å². The Kier molecular flexibility index (Phi) is 2.44. The highest BCUT2D eigenvalue weighted by molar-refractivity contribution is 5.82. The average molecular weight is 197 g/mol. The van der Waals surface area contributed by atoms with Gasteiger partial charge in [-0.1, -0.05) is 0 Å². The van der Waals surface area contributed by atoms with Gasteiger partial charge in [-0.2, -0.15) is 0 Å². The zero-order valence-corrected chi connectivity index (χ0v) is 8.36. The molecule has 2 saturated heterocycles. The summed E-state index contributed by atoms with van der Waals surface area (Å²) in [6.45, 7) is 2.97. The topological polar surface area (TPSA) is 46.6 Å². The van der Waals surface area contributed by atoms with E-state index in [2.05, 4.69) is 0 Å². The molecule has 0 N–H and O–H groups in total. The highest BCUT2D eigenvalue weighted by Gasteiger charge is 2.45. The molecule has 1 amide bonds. The Morgan fingerprint density at radius 2 is 2.36 bits per heavy atom. The van der Waals surface area contributed by atoms with E-state index in [-0.39, 0.29) is 23.8 Å². The number of hydrogen-bond acceptors (Lipinski definition) is 3. The van der Waals surface area contributed by atoms with Crippen LogP contribution in [-0.4, -0.2) is 36.0 Å². The molecular weight excluding hydrogens is 182 g/mol. The van der Waals surface area contributed by atoms with Gasteiger partial charge >= 0.3 is 5.97 Å². The van der Waals surface area contributed by atoms with E-state index in [1.165, 1.54) is 0 Å². The van der Waals surface area contributed by atoms with Gasteiger partial charge < -0.3 is 9.64 Å². The Hall–Kier alpha value is -1.06. The molecule has 2 rings (SSSR count). The smallest absolute Gasteiger partial charge is 0.311 e. The second kappa shape index (κ2) is 3.59. The molecule has 2 heterocycles. The molecule has 0 unspecified atom stereocenters. The summed E-state index contributed by atoms with van der Waals surface area (Å²) >= 11 is 0. The molecule has 0 aromatic rings. The van der Waals surface area contributed by atoms with Crippen molar-refractivity contribution in [3.05, 3.63) is 0 Å². The van der Waals surface area contributed by atoms with Gasteiger partial charge in [0, 0.05) is 19.0 Å². The lowest BCUT2D eigenvalue weighted by atomic mass is 9.99. The van der Waals surface area contributed by atoms with E-state index in [0.717, 1.165) is 19.4 Å². The number of nitrogens with zero attached hydrogens (tertiary/aromatic N) is 1. The van der Waals surface area contributed by atoms with Gasteiger partial charge in [-0.15, -0.1) is 0 Å². The molecule has 2 fully saturated rings. The van der Waals surface area contributed by atoms with Crippen LogP contribution in [0.2, 0.25) is 0 Å². The maximum Gasteiger partial charge on any atom is 0.311 e. The zero-order chi connectivity index (χ0) is 10.1. The molecule has 0 aromatic carbocycles. The summed E-state index contributed by atoms with van der Waals surface area (Å²) in [7, 11) is 0. The molecule has 4 nitrogen and oxygen atoms in total. The number of hydrogen-bond donors (Lipinski definition) is 0. The number of rotatable bonds is 2. The van der Waals surface area contributed by atoms with E-state index < -0.39 is 0 Å². The van der Waals surface area contributed by atoms with Crippen LogP contribution in [0.4, 0.5) is 0 Å². The van der Waals surface area contributed by atoms with Crippen molar-refractivity contribution in [2.45, 2.75) is 32.2 Å². The molecule has 0 aliphatic carbocycles. The maximum absolute atomic E-state index is 11.5. The molecule has 2 aliphatic heterocycles. The van der Waals surface area contributed by atoms with E-state index in [0.29, 0.717) is 13.0 Å². The molecular formula is C10H15NO3. The van der Waals surface area contributed by atoms with Crippen molar-refractivity contribution in [3.8, 4) is 0 Å². The zero-order valence-electron chi connectivity index (χ0n) is 8.36. The van der Waals surface area contributed by atoms with Crippen LogP contribution in [0, 0.1) is 5.92 Å². The van der Waals surface area contributed by atoms with E-state index >= 15 is 0 Å². The molecule has 0 aromatic heterocycles. The number of esters is 1. The summed E-state index contributed by atoms with van der Waals surface area (Å²) in [5.41, 5.74) is 0. The Balaban J connectivity index is 2.03. The lowest BCUT2D eigenvalue weighted by molar-refractivity contribution is -0.148. The van der Waals surface area contributed by atoms with Crippen molar-refractivity contribution < 1.29 is 14.3 Å². The lowest BCUT2D eigenvalue weighted by Gasteiger charge is -2.18. The van der Waals surface area contributed by atoms with Crippen LogP contribution >= 0.6 is 0 Å². The van der Waals surface area contributed by atoms with Crippen molar-refractivity contribution in [2.24, 2.45) is 5.92 Å². The Morgan fingerprint density at radius 1 is 1.57 bits per heavy atom. The summed E-state index contributed by atoms with van der Waals surface area (Å²) in [6, 6.07) is 0.126. The van der Waals surface area contributed by atoms with Gasteiger partial charge in [0.25, 0.3) is 0 Å². The van der Waals surface area contributed by atoms with Crippen molar-refractivity contribution in [2.75, 3.05) is 13.2 Å². The van der Waals surface area contributed by atoms with Gasteiger partial charge in [0.1, 0.15) is 0 Å². The minimum atomic E-state index is -0.130. The molecule has 2 atom stereocenters. The van der Waals surface area contributed by atoms with Crippen molar-refractivity contribution >= 4 is 11.9 Å². The lowest BCUT2D eigenvalue weighted by Crippen LogP contribution is -2.33. The van der Waals surface area contributed by atoms with Crippen LogP contribution < -0.4 is 0 Å².